The molecule has 1 N–H and O–H groups in total. The van der Waals surface area contributed by atoms with Gasteiger partial charge in [-0.15, -0.1) is 0 Å². The molecule has 1 fully saturated rings. The quantitative estimate of drug-likeness (QED) is 0.715. The van der Waals surface area contributed by atoms with E-state index in [-0.39, 0.29) is 36.8 Å². The lowest BCUT2D eigenvalue weighted by atomic mass is 10.0. The summed E-state index contributed by atoms with van der Waals surface area (Å²) in [5, 5.41) is 2.61. The van der Waals surface area contributed by atoms with Crippen LogP contribution in [0.25, 0.3) is 0 Å². The van der Waals surface area contributed by atoms with Crippen molar-refractivity contribution in [3.63, 3.8) is 0 Å². The molecule has 1 saturated heterocycles. The number of ether oxygens (including phenoxy) is 2. The second-order valence-electron chi connectivity index (χ2n) is 6.93. The minimum Gasteiger partial charge on any atom is -0.453 e. The van der Waals surface area contributed by atoms with Gasteiger partial charge in [0.1, 0.15) is 6.10 Å². The monoisotopic (exact) mass is 396 g/mol. The number of carbonyl (C=O) groups is 2. The number of nitrogens with zero attached hydrogens (tertiary/aromatic N) is 1. The first-order chi connectivity index (χ1) is 12.8. The van der Waals surface area contributed by atoms with Crippen molar-refractivity contribution in [2.45, 2.75) is 38.6 Å². The van der Waals surface area contributed by atoms with Crippen molar-refractivity contribution >= 4 is 21.9 Å². The summed E-state index contributed by atoms with van der Waals surface area (Å²) < 4.78 is 37.1. The van der Waals surface area contributed by atoms with Gasteiger partial charge in [0.25, 0.3) is 0 Å². The van der Waals surface area contributed by atoms with Crippen molar-refractivity contribution in [1.29, 1.82) is 0 Å². The Bertz CT molecular complexity index is 815. The summed E-state index contributed by atoms with van der Waals surface area (Å²) in [6, 6.07) is 6.93. The van der Waals surface area contributed by atoms with Crippen LogP contribution in [0.4, 0.5) is 0 Å². The molecular formula is C18H24N2O6S. The average Bonchev–Trinajstić information content (AvgIpc) is 2.90. The first kappa shape index (κ1) is 19.8. The Balaban J connectivity index is 1.49. The maximum Gasteiger partial charge on any atom is 0.339 e. The summed E-state index contributed by atoms with van der Waals surface area (Å²) in [6.07, 6.45) is -0.981. The molecule has 2 aliphatic rings. The fraction of sp³-hybridized carbons (Fsp3) is 0.556. The molecule has 0 aromatic heterocycles. The van der Waals surface area contributed by atoms with Gasteiger partial charge in [-0.2, -0.15) is 4.31 Å². The molecule has 0 saturated carbocycles. The Labute approximate surface area is 158 Å². The normalized spacial score (nSPS) is 25.7. The first-order valence-electron chi connectivity index (χ1n) is 8.96. The second kappa shape index (κ2) is 7.95. The predicted octanol–water partition coefficient (Wildman–Crippen LogP) is 0.843. The van der Waals surface area contributed by atoms with Crippen molar-refractivity contribution in [2.24, 2.45) is 0 Å². The minimum atomic E-state index is -3.48. The van der Waals surface area contributed by atoms with Crippen LogP contribution in [0.5, 0.6) is 0 Å². The lowest BCUT2D eigenvalue weighted by Crippen LogP contribution is -2.49. The van der Waals surface area contributed by atoms with Gasteiger partial charge in [0.15, 0.2) is 0 Å². The highest BCUT2D eigenvalue weighted by Crippen LogP contribution is 2.32. The number of nitrogens with one attached hydrogen (secondary N) is 1. The summed E-state index contributed by atoms with van der Waals surface area (Å²) >= 11 is 0. The van der Waals surface area contributed by atoms with Crippen molar-refractivity contribution in [2.75, 3.05) is 25.4 Å². The number of sulfonamides is 1. The lowest BCUT2D eigenvalue weighted by molar-refractivity contribution is -0.122. The summed E-state index contributed by atoms with van der Waals surface area (Å²) in [4.78, 5) is 23.9. The Hall–Kier alpha value is -1.97. The third-order valence-electron chi connectivity index (χ3n) is 4.61. The molecule has 9 heteroatoms. The summed E-state index contributed by atoms with van der Waals surface area (Å²) in [5.41, 5.74) is 1.15. The number of hydrogen-bond acceptors (Lipinski definition) is 6. The third-order valence-corrected chi connectivity index (χ3v) is 6.41. The molecule has 3 rings (SSSR count). The molecular weight excluding hydrogens is 372 g/mol. The Morgan fingerprint density at radius 3 is 2.59 bits per heavy atom. The van der Waals surface area contributed by atoms with Gasteiger partial charge < -0.3 is 14.8 Å². The van der Waals surface area contributed by atoms with E-state index in [0.717, 1.165) is 0 Å². The van der Waals surface area contributed by atoms with Crippen LogP contribution in [-0.2, 0) is 24.3 Å². The van der Waals surface area contributed by atoms with E-state index in [1.165, 1.54) is 4.31 Å². The first-order valence-corrected chi connectivity index (χ1v) is 10.6. The molecule has 2 heterocycles. The zero-order valence-corrected chi connectivity index (χ0v) is 16.2. The molecule has 0 unspecified atom stereocenters. The number of rotatable bonds is 6. The van der Waals surface area contributed by atoms with Gasteiger partial charge in [-0.05, 0) is 19.9 Å². The van der Waals surface area contributed by atoms with Crippen molar-refractivity contribution < 1.29 is 27.5 Å². The molecule has 8 nitrogen and oxygen atoms in total. The Morgan fingerprint density at radius 1 is 1.22 bits per heavy atom. The van der Waals surface area contributed by atoms with E-state index in [1.807, 2.05) is 13.8 Å². The van der Waals surface area contributed by atoms with Gasteiger partial charge >= 0.3 is 5.97 Å². The highest BCUT2D eigenvalue weighted by Gasteiger charge is 2.33. The van der Waals surface area contributed by atoms with E-state index < -0.39 is 22.1 Å². The van der Waals surface area contributed by atoms with E-state index in [4.69, 9.17) is 9.47 Å². The second-order valence-corrected chi connectivity index (χ2v) is 9.01. The van der Waals surface area contributed by atoms with Crippen LogP contribution in [0.1, 0.15) is 42.3 Å². The van der Waals surface area contributed by atoms with Crippen molar-refractivity contribution in [1.82, 2.24) is 9.62 Å². The number of fused-ring (bicyclic) bond motifs is 1. The fourth-order valence-corrected chi connectivity index (χ4v) is 4.91. The van der Waals surface area contributed by atoms with Crippen LogP contribution in [0.2, 0.25) is 0 Å². The summed E-state index contributed by atoms with van der Waals surface area (Å²) in [7, 11) is -3.48. The number of amides is 1. The summed E-state index contributed by atoms with van der Waals surface area (Å²) in [6.45, 7) is 4.30. The smallest absolute Gasteiger partial charge is 0.339 e. The molecule has 0 spiro atoms. The number of carbonyl (C=O) groups excluding carboxylic acids is 2. The van der Waals surface area contributed by atoms with Crippen LogP contribution >= 0.6 is 0 Å². The van der Waals surface area contributed by atoms with Gasteiger partial charge in [0.2, 0.25) is 15.9 Å². The highest BCUT2D eigenvalue weighted by molar-refractivity contribution is 7.89. The number of benzene rings is 1. The van der Waals surface area contributed by atoms with E-state index >= 15 is 0 Å². The highest BCUT2D eigenvalue weighted by atomic mass is 32.2. The zero-order valence-electron chi connectivity index (χ0n) is 15.4. The SMILES string of the molecule is C[C@@H]1CN(S(=O)(=O)CCNC(=O)C[C@@H]2OC(=O)c3ccccc32)C[C@H](C)O1. The van der Waals surface area contributed by atoms with Gasteiger partial charge in [0, 0.05) is 25.2 Å². The van der Waals surface area contributed by atoms with E-state index in [2.05, 4.69) is 5.32 Å². The minimum absolute atomic E-state index is 0.00357. The van der Waals surface area contributed by atoms with Crippen LogP contribution < -0.4 is 5.32 Å². The topological polar surface area (TPSA) is 102 Å². The molecule has 27 heavy (non-hydrogen) atoms. The molecule has 2 aliphatic heterocycles. The molecule has 1 aromatic carbocycles. The van der Waals surface area contributed by atoms with Crippen LogP contribution in [0.15, 0.2) is 24.3 Å². The molecule has 0 aliphatic carbocycles. The van der Waals surface area contributed by atoms with Crippen LogP contribution in [-0.4, -0.2) is 62.2 Å². The van der Waals surface area contributed by atoms with Crippen LogP contribution in [0, 0.1) is 0 Å². The van der Waals surface area contributed by atoms with Gasteiger partial charge in [-0.3, -0.25) is 4.79 Å². The maximum atomic E-state index is 12.5. The third kappa shape index (κ3) is 4.66. The van der Waals surface area contributed by atoms with Gasteiger partial charge in [0.05, 0.1) is 29.9 Å². The maximum absolute atomic E-state index is 12.5. The molecule has 1 amide bonds. The standard InChI is InChI=1S/C18H24N2O6S/c1-12-10-20(11-13(2)25-12)27(23,24)8-7-19-17(21)9-16-14-5-3-4-6-15(14)18(22)26-16/h3-6,12-13,16H,7-11H2,1-2H3,(H,19,21)/t12-,13+,16-/m0/s1. The van der Waals surface area contributed by atoms with Crippen molar-refractivity contribution in [3.05, 3.63) is 35.4 Å². The fourth-order valence-electron chi connectivity index (χ4n) is 3.42. The largest absolute Gasteiger partial charge is 0.453 e. The van der Waals surface area contributed by atoms with Gasteiger partial charge in [-0.25, -0.2) is 13.2 Å². The lowest BCUT2D eigenvalue weighted by Gasteiger charge is -2.34. The number of esters is 1. The average molecular weight is 396 g/mol. The number of hydrogen-bond donors (Lipinski definition) is 1. The van der Waals surface area contributed by atoms with E-state index in [9.17, 15) is 18.0 Å². The van der Waals surface area contributed by atoms with E-state index in [0.29, 0.717) is 24.2 Å². The Morgan fingerprint density at radius 2 is 1.89 bits per heavy atom. The zero-order chi connectivity index (χ0) is 19.6. The van der Waals surface area contributed by atoms with Gasteiger partial charge in [-0.1, -0.05) is 18.2 Å². The number of cyclic esters (lactones) is 1. The molecule has 148 valence electrons. The molecule has 0 radical (unpaired) electrons. The van der Waals surface area contributed by atoms with Crippen molar-refractivity contribution in [3.8, 4) is 0 Å². The Kier molecular flexibility index (Phi) is 5.83. The number of morpholine rings is 1. The molecule has 3 atom stereocenters. The van der Waals surface area contributed by atoms with E-state index in [1.54, 1.807) is 24.3 Å². The van der Waals surface area contributed by atoms with Crippen LogP contribution in [0.3, 0.4) is 0 Å². The predicted molar refractivity (Wildman–Crippen MR) is 97.6 cm³/mol. The summed E-state index contributed by atoms with van der Waals surface area (Å²) in [5.74, 6) is -0.982. The molecule has 1 aromatic rings. The molecule has 0 bridgehead atoms.